The SMILES string of the molecule is Cc1nn(Cc2cccc(C3CC3)c2)cc1-c1nn(C2CC3(CCN(C(=O)OC(C)(C)C)C3)C2)c(N)c1C#N. The number of aryl methyl sites for hydroxylation is 1. The Hall–Kier alpha value is -3.80. The van der Waals surface area contributed by atoms with Gasteiger partial charge in [-0.3, -0.25) is 4.68 Å². The molecule has 2 aliphatic carbocycles. The Balaban J connectivity index is 1.18. The van der Waals surface area contributed by atoms with Crippen LogP contribution in [0.4, 0.5) is 10.6 Å². The molecular formula is C30H37N7O2. The highest BCUT2D eigenvalue weighted by molar-refractivity contribution is 5.74. The highest BCUT2D eigenvalue weighted by Gasteiger charge is 2.51. The number of hydrogen-bond acceptors (Lipinski definition) is 6. The quantitative estimate of drug-likeness (QED) is 0.475. The maximum Gasteiger partial charge on any atom is 0.410 e. The van der Waals surface area contributed by atoms with Crippen molar-refractivity contribution in [3.8, 4) is 17.3 Å². The van der Waals surface area contributed by atoms with E-state index in [4.69, 9.17) is 20.7 Å². The number of carbonyl (C=O) groups excluding carboxylic acids is 1. The zero-order valence-electron chi connectivity index (χ0n) is 23.3. The van der Waals surface area contributed by atoms with E-state index in [2.05, 4.69) is 30.3 Å². The first kappa shape index (κ1) is 25.5. The Bertz CT molecular complexity index is 1460. The number of hydrogen-bond donors (Lipinski definition) is 1. The molecule has 2 N–H and O–H groups in total. The third-order valence-corrected chi connectivity index (χ3v) is 8.38. The number of aromatic nitrogens is 4. The van der Waals surface area contributed by atoms with Crippen molar-refractivity contribution < 1.29 is 9.53 Å². The lowest BCUT2D eigenvalue weighted by molar-refractivity contribution is 0.0188. The third kappa shape index (κ3) is 4.88. The Morgan fingerprint density at radius 1 is 1.26 bits per heavy atom. The van der Waals surface area contributed by atoms with E-state index in [-0.39, 0.29) is 17.6 Å². The molecule has 39 heavy (non-hydrogen) atoms. The number of carbonyl (C=O) groups is 1. The van der Waals surface area contributed by atoms with E-state index in [0.29, 0.717) is 42.6 Å². The lowest BCUT2D eigenvalue weighted by Crippen LogP contribution is -2.43. The van der Waals surface area contributed by atoms with Crippen LogP contribution in [0.5, 0.6) is 0 Å². The van der Waals surface area contributed by atoms with Crippen molar-refractivity contribution >= 4 is 11.9 Å². The van der Waals surface area contributed by atoms with Crippen molar-refractivity contribution in [3.63, 3.8) is 0 Å². The first-order valence-corrected chi connectivity index (χ1v) is 13.9. The van der Waals surface area contributed by atoms with Crippen molar-refractivity contribution in [3.05, 3.63) is 52.8 Å². The van der Waals surface area contributed by atoms with Crippen molar-refractivity contribution in [2.24, 2.45) is 5.41 Å². The molecule has 3 aliphatic rings. The van der Waals surface area contributed by atoms with E-state index < -0.39 is 5.60 Å². The van der Waals surface area contributed by atoms with Crippen LogP contribution in [0, 0.1) is 23.7 Å². The molecular weight excluding hydrogens is 490 g/mol. The molecule has 0 atom stereocenters. The molecule has 1 saturated heterocycles. The van der Waals surface area contributed by atoms with Crippen LogP contribution < -0.4 is 5.73 Å². The summed E-state index contributed by atoms with van der Waals surface area (Å²) in [5.74, 6) is 1.11. The average Bonchev–Trinajstić information content (AvgIpc) is 3.38. The van der Waals surface area contributed by atoms with Crippen LogP contribution in [0.3, 0.4) is 0 Å². The summed E-state index contributed by atoms with van der Waals surface area (Å²) >= 11 is 0. The molecule has 1 aromatic carbocycles. The molecule has 1 aliphatic heterocycles. The van der Waals surface area contributed by atoms with Crippen LogP contribution in [0.2, 0.25) is 0 Å². The normalized spacial score (nSPS) is 22.6. The van der Waals surface area contributed by atoms with Crippen molar-refractivity contribution in [2.45, 2.75) is 83.9 Å². The minimum Gasteiger partial charge on any atom is -0.444 e. The van der Waals surface area contributed by atoms with Crippen LogP contribution in [0.1, 0.15) is 87.2 Å². The summed E-state index contributed by atoms with van der Waals surface area (Å²) in [6.45, 7) is 9.67. The van der Waals surface area contributed by atoms with E-state index in [9.17, 15) is 10.1 Å². The Morgan fingerprint density at radius 3 is 2.72 bits per heavy atom. The van der Waals surface area contributed by atoms with Gasteiger partial charge in [0.15, 0.2) is 0 Å². The Labute approximate surface area is 229 Å². The standard InChI is InChI=1S/C30H37N7O2/c1-19-25(17-36(33-19)16-20-6-5-7-22(12-20)21-8-9-21)26-24(15-31)27(32)37(34-26)23-13-30(14-23)10-11-35(18-30)28(38)39-29(2,3)4/h5-7,12,17,21,23H,8-11,13-14,16,18,32H2,1-4H3. The summed E-state index contributed by atoms with van der Waals surface area (Å²) in [5, 5.41) is 19.6. The van der Waals surface area contributed by atoms with Gasteiger partial charge in [0.1, 0.15) is 28.7 Å². The summed E-state index contributed by atoms with van der Waals surface area (Å²) in [7, 11) is 0. The highest BCUT2D eigenvalue weighted by Crippen LogP contribution is 2.55. The molecule has 1 amide bonds. The van der Waals surface area contributed by atoms with Gasteiger partial charge in [0, 0.05) is 24.8 Å². The fourth-order valence-electron chi connectivity index (χ4n) is 6.27. The van der Waals surface area contributed by atoms with E-state index in [1.807, 2.05) is 48.2 Å². The summed E-state index contributed by atoms with van der Waals surface area (Å²) in [6.07, 6.45) is 6.97. The van der Waals surface area contributed by atoms with Gasteiger partial charge in [-0.1, -0.05) is 24.3 Å². The predicted octanol–water partition coefficient (Wildman–Crippen LogP) is 5.40. The number of nitrogen functional groups attached to an aromatic ring is 1. The minimum absolute atomic E-state index is 0.0583. The van der Waals surface area contributed by atoms with Crippen LogP contribution in [0.25, 0.3) is 11.3 Å². The Kier molecular flexibility index (Phi) is 5.97. The second-order valence-corrected chi connectivity index (χ2v) is 12.7. The van der Waals surface area contributed by atoms with Crippen LogP contribution in [0.15, 0.2) is 30.5 Å². The van der Waals surface area contributed by atoms with E-state index >= 15 is 0 Å². The number of likely N-dealkylation sites (tertiary alicyclic amines) is 1. The number of ether oxygens (including phenoxy) is 1. The monoisotopic (exact) mass is 527 g/mol. The van der Waals surface area contributed by atoms with Gasteiger partial charge in [-0.25, -0.2) is 9.48 Å². The summed E-state index contributed by atoms with van der Waals surface area (Å²) in [5.41, 5.74) is 11.3. The van der Waals surface area contributed by atoms with Crippen LogP contribution in [-0.4, -0.2) is 49.2 Å². The number of nitrogens with zero attached hydrogens (tertiary/aromatic N) is 6. The smallest absolute Gasteiger partial charge is 0.410 e. The summed E-state index contributed by atoms with van der Waals surface area (Å²) < 4.78 is 9.32. The molecule has 3 heterocycles. The minimum atomic E-state index is -0.505. The molecule has 3 aromatic rings. The summed E-state index contributed by atoms with van der Waals surface area (Å²) in [4.78, 5) is 14.4. The van der Waals surface area contributed by atoms with Gasteiger partial charge in [0.25, 0.3) is 0 Å². The second-order valence-electron chi connectivity index (χ2n) is 12.7. The van der Waals surface area contributed by atoms with Gasteiger partial charge >= 0.3 is 6.09 Å². The first-order chi connectivity index (χ1) is 18.5. The van der Waals surface area contributed by atoms with Crippen LogP contribution >= 0.6 is 0 Å². The fourth-order valence-corrected chi connectivity index (χ4v) is 6.27. The lowest BCUT2D eigenvalue weighted by Gasteiger charge is -2.45. The predicted molar refractivity (Wildman–Crippen MR) is 148 cm³/mol. The molecule has 204 valence electrons. The number of anilines is 1. The van der Waals surface area contributed by atoms with Gasteiger partial charge in [-0.05, 0) is 82.3 Å². The molecule has 6 rings (SSSR count). The second kappa shape index (κ2) is 9.15. The number of nitrogens with two attached hydrogens (primary N) is 1. The van der Waals surface area contributed by atoms with Crippen LogP contribution in [-0.2, 0) is 11.3 Å². The molecule has 3 fully saturated rings. The molecule has 9 heteroatoms. The first-order valence-electron chi connectivity index (χ1n) is 13.9. The zero-order chi connectivity index (χ0) is 27.5. The topological polar surface area (TPSA) is 115 Å². The van der Waals surface area contributed by atoms with Gasteiger partial charge in [0.2, 0.25) is 0 Å². The maximum atomic E-state index is 12.6. The number of nitriles is 1. The highest BCUT2D eigenvalue weighted by atomic mass is 16.6. The average molecular weight is 528 g/mol. The third-order valence-electron chi connectivity index (χ3n) is 8.38. The molecule has 2 saturated carbocycles. The van der Waals surface area contributed by atoms with E-state index in [0.717, 1.165) is 30.5 Å². The maximum absolute atomic E-state index is 12.6. The number of rotatable bonds is 5. The fraction of sp³-hybridized carbons (Fsp3) is 0.533. The lowest BCUT2D eigenvalue weighted by atomic mass is 9.65. The van der Waals surface area contributed by atoms with Gasteiger partial charge in [-0.2, -0.15) is 15.5 Å². The molecule has 2 aromatic heterocycles. The van der Waals surface area contributed by atoms with Gasteiger partial charge < -0.3 is 15.4 Å². The molecule has 9 nitrogen and oxygen atoms in total. The molecule has 0 bridgehead atoms. The van der Waals surface area contributed by atoms with Crippen molar-refractivity contribution in [1.82, 2.24) is 24.5 Å². The number of benzene rings is 1. The van der Waals surface area contributed by atoms with Gasteiger partial charge in [0.05, 0.1) is 18.3 Å². The summed E-state index contributed by atoms with van der Waals surface area (Å²) in [6, 6.07) is 11.1. The van der Waals surface area contributed by atoms with Crippen molar-refractivity contribution in [2.75, 3.05) is 18.8 Å². The van der Waals surface area contributed by atoms with Crippen molar-refractivity contribution in [1.29, 1.82) is 5.26 Å². The number of amides is 1. The zero-order valence-corrected chi connectivity index (χ0v) is 23.3. The Morgan fingerprint density at radius 2 is 2.03 bits per heavy atom. The largest absolute Gasteiger partial charge is 0.444 e. The molecule has 0 radical (unpaired) electrons. The molecule has 1 spiro atoms. The molecule has 0 unspecified atom stereocenters. The van der Waals surface area contributed by atoms with E-state index in [1.165, 1.54) is 24.0 Å². The van der Waals surface area contributed by atoms with Gasteiger partial charge in [-0.15, -0.1) is 0 Å². The van der Waals surface area contributed by atoms with E-state index in [1.54, 1.807) is 0 Å².